The molecule has 6 nitrogen and oxygen atoms in total. The first-order valence-corrected chi connectivity index (χ1v) is 6.48. The van der Waals surface area contributed by atoms with Crippen molar-refractivity contribution in [1.82, 2.24) is 0 Å². The van der Waals surface area contributed by atoms with Gasteiger partial charge in [-0.25, -0.2) is 0 Å². The van der Waals surface area contributed by atoms with Crippen LogP contribution in [0.25, 0.3) is 0 Å². The van der Waals surface area contributed by atoms with Gasteiger partial charge in [0.25, 0.3) is 0 Å². The van der Waals surface area contributed by atoms with Crippen molar-refractivity contribution in [2.75, 3.05) is 67.8 Å². The number of aliphatic carboxylic acids is 1. The molecule has 0 heterocycles. The van der Waals surface area contributed by atoms with Crippen molar-refractivity contribution in [2.45, 2.75) is 13.3 Å². The smallest absolute Gasteiger partial charge is 0.0751 e. The van der Waals surface area contributed by atoms with Crippen molar-refractivity contribution in [2.24, 2.45) is 0 Å². The average Bonchev–Trinajstić information content (AvgIpc) is 2.32. The Balaban J connectivity index is 0. The second-order valence-corrected chi connectivity index (χ2v) is 4.95. The Hall–Kier alpha value is -0.690. The van der Waals surface area contributed by atoms with Crippen LogP contribution in [0.2, 0.25) is 0 Å². The third-order valence-corrected chi connectivity index (χ3v) is 2.20. The molecule has 0 radical (unpaired) electrons. The zero-order valence-corrected chi connectivity index (χ0v) is 12.9. The van der Waals surface area contributed by atoms with Crippen molar-refractivity contribution in [1.29, 1.82) is 0 Å². The summed E-state index contributed by atoms with van der Waals surface area (Å²) >= 11 is 0. The fourth-order valence-electron chi connectivity index (χ4n) is 0.620. The summed E-state index contributed by atoms with van der Waals surface area (Å²) in [5.74, 6) is -1.10. The molecule has 0 aliphatic rings. The maximum atomic E-state index is 9.93. The summed E-state index contributed by atoms with van der Waals surface area (Å²) in [6, 6.07) is 0. The van der Waals surface area contributed by atoms with Crippen molar-refractivity contribution in [3.63, 3.8) is 0 Å². The summed E-state index contributed by atoms with van der Waals surface area (Å²) in [6.07, 6.45) is -0.0714. The summed E-state index contributed by atoms with van der Waals surface area (Å²) in [5.41, 5.74) is 0. The number of quaternary nitrogens is 1. The molecule has 0 fully saturated rings. The van der Waals surface area contributed by atoms with Crippen molar-refractivity contribution in [3.05, 3.63) is 0 Å². The van der Waals surface area contributed by atoms with E-state index in [0.717, 1.165) is 4.48 Å². The van der Waals surface area contributed by atoms with Crippen LogP contribution in [0.3, 0.4) is 0 Å². The van der Waals surface area contributed by atoms with Gasteiger partial charge in [-0.3, -0.25) is 0 Å². The number of carbonyl (C=O) groups excluding carboxylic acids is 1. The summed E-state index contributed by atoms with van der Waals surface area (Å²) < 4.78 is 15.8. The molecule has 116 valence electrons. The molecule has 0 atom stereocenters. The van der Waals surface area contributed by atoms with Gasteiger partial charge in [0.2, 0.25) is 0 Å². The van der Waals surface area contributed by atoms with E-state index in [-0.39, 0.29) is 13.0 Å². The maximum absolute atomic E-state index is 9.93. The summed E-state index contributed by atoms with van der Waals surface area (Å²) in [5, 5.41) is 9.93. The summed E-state index contributed by atoms with van der Waals surface area (Å²) in [6.45, 7) is 5.50. The van der Waals surface area contributed by atoms with E-state index < -0.39 is 5.97 Å². The van der Waals surface area contributed by atoms with Gasteiger partial charge in [-0.15, -0.1) is 0 Å². The van der Waals surface area contributed by atoms with Crippen LogP contribution in [0.5, 0.6) is 0 Å². The van der Waals surface area contributed by atoms with E-state index in [1.807, 2.05) is 0 Å². The summed E-state index contributed by atoms with van der Waals surface area (Å²) in [4.78, 5) is 9.93. The Labute approximate surface area is 116 Å². The lowest BCUT2D eigenvalue weighted by atomic mass is 10.5. The number of ether oxygens (including phenoxy) is 3. The Morgan fingerprint density at radius 2 is 1.42 bits per heavy atom. The third kappa shape index (κ3) is 26.8. The van der Waals surface area contributed by atoms with E-state index in [4.69, 9.17) is 14.2 Å². The zero-order valence-electron chi connectivity index (χ0n) is 12.9. The molecular weight excluding hydrogens is 250 g/mol. The third-order valence-electron chi connectivity index (χ3n) is 2.20. The molecule has 6 heteroatoms. The minimum absolute atomic E-state index is 0.0714. The molecule has 0 amide bonds. The molecule has 0 unspecified atom stereocenters. The standard InChI is InChI=1S/C8H16O5.C5H14N/c1-11-4-5-13-7-6-12-3-2-8(9)10;1-5-6(2,3)4/h2-7H2,1H3,(H,9,10);5H2,1-4H3/q;+1/p-1. The van der Waals surface area contributed by atoms with Gasteiger partial charge >= 0.3 is 0 Å². The van der Waals surface area contributed by atoms with Crippen LogP contribution in [0.1, 0.15) is 13.3 Å². The molecule has 0 bridgehead atoms. The highest BCUT2D eigenvalue weighted by molar-refractivity contribution is 5.64. The van der Waals surface area contributed by atoms with Gasteiger partial charge in [0, 0.05) is 19.5 Å². The van der Waals surface area contributed by atoms with Crippen molar-refractivity contribution < 1.29 is 28.6 Å². The van der Waals surface area contributed by atoms with Crippen LogP contribution in [0.15, 0.2) is 0 Å². The Morgan fingerprint density at radius 3 is 1.79 bits per heavy atom. The Bertz CT molecular complexity index is 204. The number of hydrogen-bond acceptors (Lipinski definition) is 5. The lowest BCUT2D eigenvalue weighted by Crippen LogP contribution is -2.33. The molecule has 0 saturated heterocycles. The number of hydrogen-bond donors (Lipinski definition) is 0. The zero-order chi connectivity index (χ0) is 15.1. The van der Waals surface area contributed by atoms with Crippen molar-refractivity contribution in [3.8, 4) is 0 Å². The number of carbonyl (C=O) groups is 1. The minimum atomic E-state index is -1.10. The molecule has 0 aromatic rings. The average molecular weight is 279 g/mol. The first-order chi connectivity index (χ1) is 8.83. The molecule has 0 rings (SSSR count). The minimum Gasteiger partial charge on any atom is -0.550 e. The monoisotopic (exact) mass is 279 g/mol. The van der Waals surface area contributed by atoms with Gasteiger partial charge in [-0.1, -0.05) is 0 Å². The van der Waals surface area contributed by atoms with E-state index in [0.29, 0.717) is 26.4 Å². The van der Waals surface area contributed by atoms with Crippen LogP contribution in [-0.4, -0.2) is 78.3 Å². The van der Waals surface area contributed by atoms with Crippen molar-refractivity contribution >= 4 is 5.97 Å². The van der Waals surface area contributed by atoms with E-state index in [9.17, 15) is 9.90 Å². The van der Waals surface area contributed by atoms with Gasteiger partial charge in [0.15, 0.2) is 0 Å². The van der Waals surface area contributed by atoms with Crippen LogP contribution in [0, 0.1) is 0 Å². The highest BCUT2D eigenvalue weighted by Gasteiger charge is 1.97. The number of nitrogens with zero attached hydrogens (tertiary/aromatic N) is 1. The fraction of sp³-hybridized carbons (Fsp3) is 0.923. The van der Waals surface area contributed by atoms with Crippen LogP contribution in [-0.2, 0) is 19.0 Å². The maximum Gasteiger partial charge on any atom is 0.0751 e. The molecule has 0 aliphatic carbocycles. The quantitative estimate of drug-likeness (QED) is 0.399. The highest BCUT2D eigenvalue weighted by Crippen LogP contribution is 1.84. The van der Waals surface area contributed by atoms with Gasteiger partial charge in [-0.2, -0.15) is 0 Å². The number of carboxylic acid groups (broad SMARTS) is 1. The van der Waals surface area contributed by atoms with Crippen LogP contribution >= 0.6 is 0 Å². The molecule has 0 saturated carbocycles. The van der Waals surface area contributed by atoms with E-state index in [2.05, 4.69) is 28.1 Å². The van der Waals surface area contributed by atoms with Crippen LogP contribution < -0.4 is 5.11 Å². The van der Waals surface area contributed by atoms with Gasteiger partial charge in [0.1, 0.15) is 0 Å². The molecule has 0 spiro atoms. The second kappa shape index (κ2) is 13.7. The lowest BCUT2D eigenvalue weighted by Gasteiger charge is -2.20. The van der Waals surface area contributed by atoms with Gasteiger partial charge in [-0.05, 0) is 6.92 Å². The summed E-state index contributed by atoms with van der Waals surface area (Å²) in [7, 11) is 8.14. The molecule has 0 aromatic carbocycles. The fourth-order valence-corrected chi connectivity index (χ4v) is 0.620. The van der Waals surface area contributed by atoms with E-state index >= 15 is 0 Å². The topological polar surface area (TPSA) is 67.8 Å². The molecule has 19 heavy (non-hydrogen) atoms. The second-order valence-electron chi connectivity index (χ2n) is 4.95. The molecule has 0 aromatic heterocycles. The predicted molar refractivity (Wildman–Crippen MR) is 71.7 cm³/mol. The highest BCUT2D eigenvalue weighted by atomic mass is 16.5. The van der Waals surface area contributed by atoms with Crippen LogP contribution in [0.4, 0.5) is 0 Å². The molecule has 0 N–H and O–H groups in total. The predicted octanol–water partition coefficient (Wildman–Crippen LogP) is -0.481. The number of carboxylic acids is 1. The Morgan fingerprint density at radius 1 is 1.00 bits per heavy atom. The van der Waals surface area contributed by atoms with Gasteiger partial charge < -0.3 is 28.6 Å². The molecule has 0 aliphatic heterocycles. The SMILES string of the molecule is CC[N+](C)(C)C.COCCOCCOCCC(=O)[O-]. The largest absolute Gasteiger partial charge is 0.550 e. The first-order valence-electron chi connectivity index (χ1n) is 6.48. The first kappa shape index (κ1) is 20.6. The number of rotatable bonds is 10. The Kier molecular flexibility index (Phi) is 14.9. The number of methoxy groups -OCH3 is 1. The molecular formula is C13H29NO5. The van der Waals surface area contributed by atoms with E-state index in [1.54, 1.807) is 7.11 Å². The van der Waals surface area contributed by atoms with E-state index in [1.165, 1.54) is 6.54 Å². The normalized spacial score (nSPS) is 10.8. The van der Waals surface area contributed by atoms with Gasteiger partial charge in [0.05, 0.1) is 60.7 Å². The lowest BCUT2D eigenvalue weighted by molar-refractivity contribution is -0.868.